The van der Waals surface area contributed by atoms with Crippen LogP contribution >= 0.6 is 0 Å². The van der Waals surface area contributed by atoms with Gasteiger partial charge < -0.3 is 15.9 Å². The number of nitrogens with two attached hydrogens (primary N) is 2. The molecule has 0 fully saturated rings. The number of nitrogens with one attached hydrogen (secondary N) is 2. The van der Waals surface area contributed by atoms with E-state index in [-0.39, 0.29) is 28.6 Å². The van der Waals surface area contributed by atoms with E-state index in [1.54, 1.807) is 29.7 Å². The molecule has 0 radical (unpaired) electrons. The first-order chi connectivity index (χ1) is 12.4. The molecule has 8 nitrogen and oxygen atoms in total. The Bertz CT molecular complexity index is 1070. The highest BCUT2D eigenvalue weighted by Crippen LogP contribution is 2.28. The molecule has 1 aromatic carbocycles. The summed E-state index contributed by atoms with van der Waals surface area (Å²) in [5, 5.41) is 15.4. The number of aliphatic imine (C=N–C) groups is 1. The van der Waals surface area contributed by atoms with Crippen molar-refractivity contribution in [3.8, 4) is 11.3 Å². The van der Waals surface area contributed by atoms with Crippen molar-refractivity contribution < 1.29 is 8.81 Å². The minimum Gasteiger partial charge on any atom is -0.432 e. The smallest absolute Gasteiger partial charge is 0.306 e. The van der Waals surface area contributed by atoms with Crippen molar-refractivity contribution in [1.82, 2.24) is 9.38 Å². The molecular formula is C17H16FN7O. The van der Waals surface area contributed by atoms with Crippen LogP contribution in [0.2, 0.25) is 0 Å². The third-order valence-corrected chi connectivity index (χ3v) is 3.57. The molecule has 0 unspecified atom stereocenters. The first-order valence-corrected chi connectivity index (χ1v) is 7.54. The normalized spacial score (nSPS) is 12.2. The summed E-state index contributed by atoms with van der Waals surface area (Å²) in [5.41, 5.74) is 12.4. The molecular weight excluding hydrogens is 337 g/mol. The molecule has 0 saturated carbocycles. The number of fused-ring (bicyclic) bond motifs is 1. The second-order valence-corrected chi connectivity index (χ2v) is 5.52. The average Bonchev–Trinajstić information content (AvgIpc) is 3.12. The Labute approximate surface area is 147 Å². The molecule has 0 amide bonds. The summed E-state index contributed by atoms with van der Waals surface area (Å²) in [6.45, 7) is 1.79. The first-order valence-electron chi connectivity index (χ1n) is 7.54. The second kappa shape index (κ2) is 6.63. The number of hydrogen-bond donors (Lipinski definition) is 4. The van der Waals surface area contributed by atoms with Gasteiger partial charge in [-0.25, -0.2) is 4.39 Å². The van der Waals surface area contributed by atoms with Gasteiger partial charge in [0.25, 0.3) is 0 Å². The number of aromatic nitrogens is 2. The molecule has 3 rings (SSSR count). The number of guanidine groups is 1. The number of benzene rings is 1. The average molecular weight is 353 g/mol. The zero-order valence-corrected chi connectivity index (χ0v) is 13.8. The molecule has 2 aromatic heterocycles. The largest absolute Gasteiger partial charge is 0.432 e. The first kappa shape index (κ1) is 17.1. The zero-order chi connectivity index (χ0) is 18.8. The standard InChI is InChI=1S/C17H16FN7O/c1-9-2-3-10(11(18)8-9)14-15(25-6-7-26-17(25)24-14)12(19)4-5-13(20)23-16(21)22/h2-8,19H,1H3,(H5,20,21,22,23)/b5-4-,19-12?. The monoisotopic (exact) mass is 353 g/mol. The third kappa shape index (κ3) is 3.22. The summed E-state index contributed by atoms with van der Waals surface area (Å²) in [6.07, 6.45) is 5.71. The quantitative estimate of drug-likeness (QED) is 0.421. The number of oxazole rings is 1. The van der Waals surface area contributed by atoms with Crippen LogP contribution in [0.3, 0.4) is 0 Å². The summed E-state index contributed by atoms with van der Waals surface area (Å²) >= 11 is 0. The van der Waals surface area contributed by atoms with Gasteiger partial charge in [-0.05, 0) is 36.8 Å². The molecule has 0 aliphatic rings. The summed E-state index contributed by atoms with van der Waals surface area (Å²) in [4.78, 5) is 7.85. The van der Waals surface area contributed by atoms with Crippen LogP contribution in [0.15, 0.2) is 52.2 Å². The van der Waals surface area contributed by atoms with Crippen molar-refractivity contribution in [3.05, 3.63) is 59.9 Å². The number of halogens is 1. The maximum atomic E-state index is 14.4. The SMILES string of the molecule is Cc1ccc(-c2nc3occn3c2C(=N)/C=C\C(N)=N\C(=N)N)c(F)c1. The lowest BCUT2D eigenvalue weighted by atomic mass is 10.0. The van der Waals surface area contributed by atoms with Crippen molar-refractivity contribution in [2.24, 2.45) is 16.5 Å². The number of imidazole rings is 1. The van der Waals surface area contributed by atoms with Gasteiger partial charge in [0.2, 0.25) is 5.96 Å². The van der Waals surface area contributed by atoms with E-state index in [4.69, 9.17) is 26.7 Å². The van der Waals surface area contributed by atoms with Crippen LogP contribution in [0.5, 0.6) is 0 Å². The van der Waals surface area contributed by atoms with Gasteiger partial charge in [-0.2, -0.15) is 9.98 Å². The molecule has 0 aliphatic heterocycles. The number of aryl methyl sites for hydroxylation is 1. The van der Waals surface area contributed by atoms with E-state index in [9.17, 15) is 4.39 Å². The molecule has 6 N–H and O–H groups in total. The van der Waals surface area contributed by atoms with Crippen molar-refractivity contribution in [2.45, 2.75) is 6.92 Å². The molecule has 3 aromatic rings. The predicted molar refractivity (Wildman–Crippen MR) is 97.1 cm³/mol. The van der Waals surface area contributed by atoms with Crippen LogP contribution in [-0.2, 0) is 0 Å². The van der Waals surface area contributed by atoms with E-state index in [0.29, 0.717) is 5.69 Å². The van der Waals surface area contributed by atoms with Crippen LogP contribution in [0.1, 0.15) is 11.3 Å². The van der Waals surface area contributed by atoms with Gasteiger partial charge in [0, 0.05) is 11.8 Å². The van der Waals surface area contributed by atoms with Crippen LogP contribution in [0.4, 0.5) is 4.39 Å². The Hall–Kier alpha value is -3.75. The second-order valence-electron chi connectivity index (χ2n) is 5.52. The Morgan fingerprint density at radius 2 is 2.08 bits per heavy atom. The van der Waals surface area contributed by atoms with E-state index in [2.05, 4.69) is 9.98 Å². The molecule has 0 saturated heterocycles. The van der Waals surface area contributed by atoms with Gasteiger partial charge in [0.05, 0.1) is 5.71 Å². The Kier molecular flexibility index (Phi) is 4.36. The van der Waals surface area contributed by atoms with Gasteiger partial charge in [0.15, 0.2) is 0 Å². The van der Waals surface area contributed by atoms with Crippen LogP contribution in [-0.4, -0.2) is 26.9 Å². The van der Waals surface area contributed by atoms with Crippen molar-refractivity contribution in [2.75, 3.05) is 0 Å². The number of amidine groups is 1. The van der Waals surface area contributed by atoms with Gasteiger partial charge in [-0.3, -0.25) is 15.2 Å². The maximum Gasteiger partial charge on any atom is 0.306 e. The fourth-order valence-corrected chi connectivity index (χ4v) is 2.47. The van der Waals surface area contributed by atoms with Gasteiger partial charge >= 0.3 is 5.84 Å². The highest BCUT2D eigenvalue weighted by Gasteiger charge is 2.20. The molecule has 0 aliphatic carbocycles. The molecule has 132 valence electrons. The zero-order valence-electron chi connectivity index (χ0n) is 13.8. The number of hydrogen-bond acceptors (Lipinski definition) is 4. The van der Waals surface area contributed by atoms with Crippen LogP contribution < -0.4 is 11.5 Å². The van der Waals surface area contributed by atoms with E-state index in [0.717, 1.165) is 5.56 Å². The lowest BCUT2D eigenvalue weighted by Gasteiger charge is -2.05. The lowest BCUT2D eigenvalue weighted by Crippen LogP contribution is -2.16. The Balaban J connectivity index is 2.10. The van der Waals surface area contributed by atoms with E-state index in [1.165, 1.54) is 24.5 Å². The third-order valence-electron chi connectivity index (χ3n) is 3.57. The highest BCUT2D eigenvalue weighted by molar-refractivity contribution is 6.13. The number of allylic oxidation sites excluding steroid dienone is 1. The molecule has 9 heteroatoms. The van der Waals surface area contributed by atoms with Crippen molar-refractivity contribution in [3.63, 3.8) is 0 Å². The summed E-state index contributed by atoms with van der Waals surface area (Å²) in [5.74, 6) is -0.680. The van der Waals surface area contributed by atoms with Crippen molar-refractivity contribution >= 4 is 23.4 Å². The minimum absolute atomic E-state index is 0.00979. The summed E-state index contributed by atoms with van der Waals surface area (Å²) in [7, 11) is 0. The topological polar surface area (TPSA) is 143 Å². The fraction of sp³-hybridized carbons (Fsp3) is 0.0588. The predicted octanol–water partition coefficient (Wildman–Crippen LogP) is 2.22. The molecule has 0 atom stereocenters. The molecule has 26 heavy (non-hydrogen) atoms. The van der Waals surface area contributed by atoms with E-state index < -0.39 is 11.8 Å². The van der Waals surface area contributed by atoms with Gasteiger partial charge in [0.1, 0.15) is 29.3 Å². The molecule has 0 spiro atoms. The maximum absolute atomic E-state index is 14.4. The number of rotatable bonds is 4. The fourth-order valence-electron chi connectivity index (χ4n) is 2.47. The lowest BCUT2D eigenvalue weighted by molar-refractivity contribution is 0.596. The summed E-state index contributed by atoms with van der Waals surface area (Å²) in [6, 6.07) is 4.77. The van der Waals surface area contributed by atoms with E-state index >= 15 is 0 Å². The highest BCUT2D eigenvalue weighted by atomic mass is 19.1. The van der Waals surface area contributed by atoms with Crippen molar-refractivity contribution in [1.29, 1.82) is 10.8 Å². The van der Waals surface area contributed by atoms with E-state index in [1.807, 2.05) is 0 Å². The van der Waals surface area contributed by atoms with Gasteiger partial charge in [-0.1, -0.05) is 6.07 Å². The van der Waals surface area contributed by atoms with Crippen LogP contribution in [0.25, 0.3) is 17.1 Å². The Morgan fingerprint density at radius 1 is 1.31 bits per heavy atom. The molecule has 2 heterocycles. The molecule has 0 bridgehead atoms. The van der Waals surface area contributed by atoms with Gasteiger partial charge in [-0.15, -0.1) is 0 Å². The summed E-state index contributed by atoms with van der Waals surface area (Å²) < 4.78 is 21.2. The van der Waals surface area contributed by atoms with Crippen LogP contribution in [0, 0.1) is 23.6 Å². The minimum atomic E-state index is -0.443. The Morgan fingerprint density at radius 3 is 2.77 bits per heavy atom. The number of nitrogens with zero attached hydrogens (tertiary/aromatic N) is 3.